The molecule has 0 aliphatic carbocycles. The second kappa shape index (κ2) is 6.52. The highest BCUT2D eigenvalue weighted by molar-refractivity contribution is 5.90. The zero-order valence-electron chi connectivity index (χ0n) is 11.5. The molecular weight excluding hydrogens is 242 g/mol. The topological polar surface area (TPSA) is 63.2 Å². The molecule has 0 radical (unpaired) electrons. The Hall–Kier alpha value is -1.62. The first-order valence-electron chi connectivity index (χ1n) is 6.74. The SMILES string of the molecule is COC(=O)c1ccc(NCC[C@H]2CCCN2)nc1C. The number of aryl methyl sites for hydroxylation is 1. The van der Waals surface area contributed by atoms with Gasteiger partial charge >= 0.3 is 5.97 Å². The Kier molecular flexibility index (Phi) is 4.74. The van der Waals surface area contributed by atoms with Crippen LogP contribution in [0.25, 0.3) is 0 Å². The number of pyridine rings is 1. The van der Waals surface area contributed by atoms with Gasteiger partial charge in [-0.15, -0.1) is 0 Å². The smallest absolute Gasteiger partial charge is 0.339 e. The number of esters is 1. The zero-order valence-corrected chi connectivity index (χ0v) is 11.5. The molecule has 1 saturated heterocycles. The van der Waals surface area contributed by atoms with Gasteiger partial charge in [0.25, 0.3) is 0 Å². The molecule has 2 N–H and O–H groups in total. The Balaban J connectivity index is 1.87. The average Bonchev–Trinajstić information content (AvgIpc) is 2.91. The summed E-state index contributed by atoms with van der Waals surface area (Å²) in [6.45, 7) is 3.84. The van der Waals surface area contributed by atoms with Crippen LogP contribution in [0.2, 0.25) is 0 Å². The Labute approximate surface area is 113 Å². The number of aromatic nitrogens is 1. The van der Waals surface area contributed by atoms with Crippen molar-refractivity contribution in [2.24, 2.45) is 0 Å². The summed E-state index contributed by atoms with van der Waals surface area (Å²) in [6.07, 6.45) is 3.63. The van der Waals surface area contributed by atoms with Gasteiger partial charge in [0.2, 0.25) is 0 Å². The van der Waals surface area contributed by atoms with Crippen molar-refractivity contribution in [3.8, 4) is 0 Å². The zero-order chi connectivity index (χ0) is 13.7. The number of ether oxygens (including phenoxy) is 1. The van der Waals surface area contributed by atoms with Crippen LogP contribution in [0.4, 0.5) is 5.82 Å². The fourth-order valence-corrected chi connectivity index (χ4v) is 2.36. The first-order valence-corrected chi connectivity index (χ1v) is 6.74. The molecule has 104 valence electrons. The average molecular weight is 263 g/mol. The van der Waals surface area contributed by atoms with E-state index in [2.05, 4.69) is 15.6 Å². The Morgan fingerprint density at radius 2 is 2.42 bits per heavy atom. The van der Waals surface area contributed by atoms with Gasteiger partial charge in [-0.1, -0.05) is 0 Å². The molecule has 1 aromatic heterocycles. The number of carbonyl (C=O) groups excluding carboxylic acids is 1. The van der Waals surface area contributed by atoms with Gasteiger partial charge in [0.05, 0.1) is 18.4 Å². The maximum Gasteiger partial charge on any atom is 0.339 e. The molecule has 5 heteroatoms. The van der Waals surface area contributed by atoms with E-state index in [0.717, 1.165) is 25.3 Å². The second-order valence-corrected chi connectivity index (χ2v) is 4.83. The first-order chi connectivity index (χ1) is 9.20. The lowest BCUT2D eigenvalue weighted by atomic mass is 10.1. The third kappa shape index (κ3) is 3.67. The van der Waals surface area contributed by atoms with Crippen LogP contribution >= 0.6 is 0 Å². The number of methoxy groups -OCH3 is 1. The molecule has 5 nitrogen and oxygen atoms in total. The third-order valence-corrected chi connectivity index (χ3v) is 3.45. The molecule has 19 heavy (non-hydrogen) atoms. The Morgan fingerprint density at radius 1 is 1.58 bits per heavy atom. The summed E-state index contributed by atoms with van der Waals surface area (Å²) < 4.78 is 4.70. The highest BCUT2D eigenvalue weighted by atomic mass is 16.5. The van der Waals surface area contributed by atoms with Crippen molar-refractivity contribution in [1.82, 2.24) is 10.3 Å². The maximum atomic E-state index is 11.4. The fourth-order valence-electron chi connectivity index (χ4n) is 2.36. The summed E-state index contributed by atoms with van der Waals surface area (Å²) >= 11 is 0. The van der Waals surface area contributed by atoms with E-state index in [9.17, 15) is 4.79 Å². The monoisotopic (exact) mass is 263 g/mol. The van der Waals surface area contributed by atoms with E-state index in [1.807, 2.05) is 13.0 Å². The van der Waals surface area contributed by atoms with E-state index in [-0.39, 0.29) is 5.97 Å². The molecule has 1 aliphatic rings. The van der Waals surface area contributed by atoms with Crippen molar-refractivity contribution in [3.63, 3.8) is 0 Å². The normalized spacial score (nSPS) is 18.3. The largest absolute Gasteiger partial charge is 0.465 e. The molecule has 0 amide bonds. The highest BCUT2D eigenvalue weighted by Gasteiger charge is 2.13. The van der Waals surface area contributed by atoms with Crippen LogP contribution in [0.3, 0.4) is 0 Å². The summed E-state index contributed by atoms with van der Waals surface area (Å²) in [5, 5.41) is 6.76. The van der Waals surface area contributed by atoms with E-state index in [1.54, 1.807) is 6.07 Å². The van der Waals surface area contributed by atoms with Crippen LogP contribution in [0.5, 0.6) is 0 Å². The van der Waals surface area contributed by atoms with Crippen molar-refractivity contribution in [3.05, 3.63) is 23.4 Å². The number of carbonyl (C=O) groups is 1. The molecule has 0 aromatic carbocycles. The quantitative estimate of drug-likeness (QED) is 0.792. The summed E-state index contributed by atoms with van der Waals surface area (Å²) in [6, 6.07) is 4.20. The number of nitrogens with zero attached hydrogens (tertiary/aromatic N) is 1. The number of rotatable bonds is 5. The summed E-state index contributed by atoms with van der Waals surface area (Å²) in [4.78, 5) is 15.8. The van der Waals surface area contributed by atoms with E-state index in [1.165, 1.54) is 20.0 Å². The van der Waals surface area contributed by atoms with Crippen molar-refractivity contribution in [2.75, 3.05) is 25.5 Å². The molecule has 1 atom stereocenters. The number of hydrogen-bond donors (Lipinski definition) is 2. The van der Waals surface area contributed by atoms with Gasteiger partial charge in [0, 0.05) is 12.6 Å². The van der Waals surface area contributed by atoms with Crippen LogP contribution in [0.1, 0.15) is 35.3 Å². The standard InChI is InChI=1S/C14H21N3O2/c1-10-12(14(18)19-2)5-6-13(17-10)16-9-7-11-4-3-8-15-11/h5-6,11,15H,3-4,7-9H2,1-2H3,(H,16,17)/t11-/m1/s1. The predicted molar refractivity (Wildman–Crippen MR) is 74.4 cm³/mol. The van der Waals surface area contributed by atoms with E-state index in [0.29, 0.717) is 17.3 Å². The van der Waals surface area contributed by atoms with Crippen LogP contribution in [-0.2, 0) is 4.74 Å². The Bertz CT molecular complexity index is 442. The van der Waals surface area contributed by atoms with Crippen molar-refractivity contribution < 1.29 is 9.53 Å². The molecule has 0 unspecified atom stereocenters. The van der Waals surface area contributed by atoms with Crippen LogP contribution < -0.4 is 10.6 Å². The molecular formula is C14H21N3O2. The minimum absolute atomic E-state index is 0.341. The van der Waals surface area contributed by atoms with E-state index >= 15 is 0 Å². The molecule has 2 rings (SSSR count). The third-order valence-electron chi connectivity index (χ3n) is 3.45. The number of hydrogen-bond acceptors (Lipinski definition) is 5. The van der Waals surface area contributed by atoms with Gasteiger partial charge in [-0.25, -0.2) is 9.78 Å². The lowest BCUT2D eigenvalue weighted by Gasteiger charge is -2.12. The molecule has 1 aliphatic heterocycles. The van der Waals surface area contributed by atoms with Crippen molar-refractivity contribution >= 4 is 11.8 Å². The summed E-state index contributed by atoms with van der Waals surface area (Å²) in [5.41, 5.74) is 1.21. The maximum absolute atomic E-state index is 11.4. The van der Waals surface area contributed by atoms with Crippen molar-refractivity contribution in [1.29, 1.82) is 0 Å². The number of nitrogens with one attached hydrogen (secondary N) is 2. The Morgan fingerprint density at radius 3 is 3.05 bits per heavy atom. The van der Waals surface area contributed by atoms with Gasteiger partial charge < -0.3 is 15.4 Å². The van der Waals surface area contributed by atoms with Crippen molar-refractivity contribution in [2.45, 2.75) is 32.2 Å². The second-order valence-electron chi connectivity index (χ2n) is 4.83. The lowest BCUT2D eigenvalue weighted by Crippen LogP contribution is -2.24. The summed E-state index contributed by atoms with van der Waals surface area (Å²) in [5.74, 6) is 0.467. The summed E-state index contributed by atoms with van der Waals surface area (Å²) in [7, 11) is 1.38. The lowest BCUT2D eigenvalue weighted by molar-refractivity contribution is 0.0599. The van der Waals surface area contributed by atoms with Crippen LogP contribution in [-0.4, -0.2) is 37.2 Å². The van der Waals surface area contributed by atoms with Gasteiger partial charge in [0.15, 0.2) is 0 Å². The molecule has 1 aromatic rings. The first kappa shape index (κ1) is 13.8. The molecule has 0 saturated carbocycles. The predicted octanol–water partition coefficient (Wildman–Crippen LogP) is 1.73. The van der Waals surface area contributed by atoms with Crippen LogP contribution in [0, 0.1) is 6.92 Å². The minimum Gasteiger partial charge on any atom is -0.465 e. The molecule has 0 bridgehead atoms. The van der Waals surface area contributed by atoms with Gasteiger partial charge in [0.1, 0.15) is 5.82 Å². The highest BCUT2D eigenvalue weighted by Crippen LogP contribution is 2.13. The molecule has 1 fully saturated rings. The van der Waals surface area contributed by atoms with E-state index in [4.69, 9.17) is 4.74 Å². The van der Waals surface area contributed by atoms with Crippen LogP contribution in [0.15, 0.2) is 12.1 Å². The molecule has 0 spiro atoms. The van der Waals surface area contributed by atoms with Gasteiger partial charge in [-0.3, -0.25) is 0 Å². The number of anilines is 1. The van der Waals surface area contributed by atoms with E-state index < -0.39 is 0 Å². The fraction of sp³-hybridized carbons (Fsp3) is 0.571. The van der Waals surface area contributed by atoms with Gasteiger partial charge in [-0.2, -0.15) is 0 Å². The van der Waals surface area contributed by atoms with Gasteiger partial charge in [-0.05, 0) is 44.9 Å². The minimum atomic E-state index is -0.341. The molecule has 2 heterocycles.